The minimum Gasteiger partial charge on any atom is -0.467 e. The van der Waals surface area contributed by atoms with Gasteiger partial charge in [0.1, 0.15) is 16.3 Å². The molecule has 156 valence electrons. The Balaban J connectivity index is 2.33. The van der Waals surface area contributed by atoms with Crippen LogP contribution in [0.3, 0.4) is 0 Å². The van der Waals surface area contributed by atoms with Crippen LogP contribution in [0.25, 0.3) is 0 Å². The summed E-state index contributed by atoms with van der Waals surface area (Å²) >= 11 is 0. The highest BCUT2D eigenvalue weighted by molar-refractivity contribution is 7.89. The molecule has 2 rings (SSSR count). The van der Waals surface area contributed by atoms with Gasteiger partial charge in [0.25, 0.3) is 5.91 Å². The highest BCUT2D eigenvalue weighted by atomic mass is 32.2. The van der Waals surface area contributed by atoms with E-state index in [-0.39, 0.29) is 31.9 Å². The molecule has 1 unspecified atom stereocenters. The van der Waals surface area contributed by atoms with Crippen molar-refractivity contribution in [1.29, 1.82) is 0 Å². The molecule has 0 spiro atoms. The summed E-state index contributed by atoms with van der Waals surface area (Å²) in [5.41, 5.74) is -1.35. The van der Waals surface area contributed by atoms with Crippen LogP contribution in [-0.2, 0) is 24.3 Å². The van der Waals surface area contributed by atoms with Gasteiger partial charge in [0.15, 0.2) is 0 Å². The fourth-order valence-electron chi connectivity index (χ4n) is 3.03. The Morgan fingerprint density at radius 2 is 1.96 bits per heavy atom. The maximum atomic E-state index is 14.3. The summed E-state index contributed by atoms with van der Waals surface area (Å²) in [7, 11) is -2.90. The number of morpholine rings is 1. The van der Waals surface area contributed by atoms with E-state index in [1.54, 1.807) is 0 Å². The van der Waals surface area contributed by atoms with Gasteiger partial charge in [0, 0.05) is 18.7 Å². The molecule has 1 fully saturated rings. The second-order valence-corrected chi connectivity index (χ2v) is 8.60. The molecular weight excluding hydrogens is 391 g/mol. The normalized spacial score (nSPS) is 17.6. The van der Waals surface area contributed by atoms with Gasteiger partial charge in [-0.25, -0.2) is 17.6 Å². The zero-order valence-electron chi connectivity index (χ0n) is 16.2. The smallest absolute Gasteiger partial charge is 0.331 e. The molecule has 0 bridgehead atoms. The number of halogens is 1. The lowest BCUT2D eigenvalue weighted by Crippen LogP contribution is -2.52. The maximum absolute atomic E-state index is 14.3. The third kappa shape index (κ3) is 4.68. The molecule has 1 saturated heterocycles. The molecule has 8 nitrogen and oxygen atoms in total. The molecule has 0 aliphatic carbocycles. The summed E-state index contributed by atoms with van der Waals surface area (Å²) in [6.45, 7) is 4.02. The van der Waals surface area contributed by atoms with Crippen molar-refractivity contribution in [2.45, 2.75) is 37.1 Å². The standard InChI is InChI=1S/C18H25FN2O6S/c1-4-7-18(2,17(23)26-3)20-16(22)13-5-6-14(19)15(12-13)28(24,25)21-8-10-27-11-9-21/h5-6,12H,4,7-11H2,1-3H3,(H,20,22). The molecule has 1 atom stereocenters. The topological polar surface area (TPSA) is 102 Å². The molecule has 0 aromatic heterocycles. The van der Waals surface area contributed by atoms with Crippen LogP contribution in [0.2, 0.25) is 0 Å². The van der Waals surface area contributed by atoms with Crippen LogP contribution in [0.1, 0.15) is 37.0 Å². The number of benzene rings is 1. The van der Waals surface area contributed by atoms with Crippen molar-refractivity contribution in [2.24, 2.45) is 0 Å². The van der Waals surface area contributed by atoms with Crippen LogP contribution < -0.4 is 5.32 Å². The summed E-state index contributed by atoms with van der Waals surface area (Å²) in [6, 6.07) is 3.09. The molecule has 1 aromatic rings. The predicted molar refractivity (Wildman–Crippen MR) is 98.8 cm³/mol. The fourth-order valence-corrected chi connectivity index (χ4v) is 4.53. The van der Waals surface area contributed by atoms with Gasteiger partial charge in [-0.1, -0.05) is 13.3 Å². The van der Waals surface area contributed by atoms with Crippen molar-refractivity contribution in [3.8, 4) is 0 Å². The van der Waals surface area contributed by atoms with Crippen molar-refractivity contribution < 1.29 is 31.9 Å². The van der Waals surface area contributed by atoms with E-state index in [9.17, 15) is 22.4 Å². The molecule has 1 heterocycles. The molecule has 1 amide bonds. The Hall–Kier alpha value is -2.04. The van der Waals surface area contributed by atoms with Gasteiger partial charge in [-0.15, -0.1) is 0 Å². The predicted octanol–water partition coefficient (Wildman–Crippen LogP) is 1.31. The van der Waals surface area contributed by atoms with E-state index in [1.807, 2.05) is 6.92 Å². The van der Waals surface area contributed by atoms with Crippen molar-refractivity contribution in [2.75, 3.05) is 33.4 Å². The Morgan fingerprint density at radius 1 is 1.32 bits per heavy atom. The molecule has 0 radical (unpaired) electrons. The van der Waals surface area contributed by atoms with Crippen LogP contribution in [-0.4, -0.2) is 63.6 Å². The van der Waals surface area contributed by atoms with Gasteiger partial charge < -0.3 is 14.8 Å². The van der Waals surface area contributed by atoms with Gasteiger partial charge in [0.05, 0.1) is 20.3 Å². The minimum absolute atomic E-state index is 0.0699. The first-order valence-electron chi connectivity index (χ1n) is 8.94. The molecule has 1 aliphatic heterocycles. The molecular formula is C18H25FN2O6S. The van der Waals surface area contributed by atoms with Crippen molar-refractivity contribution >= 4 is 21.9 Å². The number of amides is 1. The van der Waals surface area contributed by atoms with E-state index in [0.717, 1.165) is 16.4 Å². The van der Waals surface area contributed by atoms with E-state index < -0.39 is 38.2 Å². The van der Waals surface area contributed by atoms with Gasteiger partial charge in [-0.3, -0.25) is 4.79 Å². The van der Waals surface area contributed by atoms with Crippen LogP contribution in [0, 0.1) is 5.82 Å². The van der Waals surface area contributed by atoms with Crippen molar-refractivity contribution in [3.05, 3.63) is 29.6 Å². The Morgan fingerprint density at radius 3 is 2.54 bits per heavy atom. The zero-order valence-corrected chi connectivity index (χ0v) is 17.0. The molecule has 1 aromatic carbocycles. The fraction of sp³-hybridized carbons (Fsp3) is 0.556. The lowest BCUT2D eigenvalue weighted by molar-refractivity contribution is -0.147. The van der Waals surface area contributed by atoms with Crippen LogP contribution in [0.5, 0.6) is 0 Å². The number of esters is 1. The highest BCUT2D eigenvalue weighted by Crippen LogP contribution is 2.23. The minimum atomic E-state index is -4.12. The maximum Gasteiger partial charge on any atom is 0.331 e. The van der Waals surface area contributed by atoms with Gasteiger partial charge in [0.2, 0.25) is 10.0 Å². The summed E-state index contributed by atoms with van der Waals surface area (Å²) in [4.78, 5) is 24.1. The van der Waals surface area contributed by atoms with E-state index in [1.165, 1.54) is 20.1 Å². The Kier molecular flexibility index (Phi) is 7.13. The Bertz CT molecular complexity index is 838. The summed E-state index contributed by atoms with van der Waals surface area (Å²) in [5.74, 6) is -2.27. The number of hydrogen-bond acceptors (Lipinski definition) is 6. The van der Waals surface area contributed by atoms with E-state index in [0.29, 0.717) is 12.8 Å². The van der Waals surface area contributed by atoms with E-state index in [2.05, 4.69) is 5.32 Å². The number of nitrogens with one attached hydrogen (secondary N) is 1. The first-order valence-corrected chi connectivity index (χ1v) is 10.4. The second kappa shape index (κ2) is 8.97. The number of sulfonamides is 1. The van der Waals surface area contributed by atoms with Gasteiger partial charge >= 0.3 is 5.97 Å². The third-order valence-corrected chi connectivity index (χ3v) is 6.47. The average Bonchev–Trinajstić information content (AvgIpc) is 2.68. The van der Waals surface area contributed by atoms with Crippen LogP contribution in [0.15, 0.2) is 23.1 Å². The van der Waals surface area contributed by atoms with E-state index >= 15 is 0 Å². The largest absolute Gasteiger partial charge is 0.467 e. The molecule has 10 heteroatoms. The zero-order chi connectivity index (χ0) is 20.9. The van der Waals surface area contributed by atoms with Crippen molar-refractivity contribution in [3.63, 3.8) is 0 Å². The average molecular weight is 416 g/mol. The Labute approximate surface area is 164 Å². The first-order chi connectivity index (χ1) is 13.2. The van der Waals surface area contributed by atoms with Crippen LogP contribution >= 0.6 is 0 Å². The number of nitrogens with zero attached hydrogens (tertiary/aromatic N) is 1. The number of ether oxygens (including phenoxy) is 2. The number of hydrogen-bond donors (Lipinski definition) is 1. The summed E-state index contributed by atoms with van der Waals surface area (Å²) < 4.78 is 50.8. The number of carbonyl (C=O) groups excluding carboxylic acids is 2. The second-order valence-electron chi connectivity index (χ2n) is 6.69. The van der Waals surface area contributed by atoms with Crippen molar-refractivity contribution in [1.82, 2.24) is 9.62 Å². The number of methoxy groups -OCH3 is 1. The van der Waals surface area contributed by atoms with Gasteiger partial charge in [-0.2, -0.15) is 4.31 Å². The SMILES string of the molecule is CCCC(C)(NC(=O)c1ccc(F)c(S(=O)(=O)N2CCOCC2)c1)C(=O)OC. The lowest BCUT2D eigenvalue weighted by Gasteiger charge is -2.28. The monoisotopic (exact) mass is 416 g/mol. The first kappa shape index (κ1) is 22.3. The molecule has 0 saturated carbocycles. The quantitative estimate of drug-likeness (QED) is 0.673. The summed E-state index contributed by atoms with van der Waals surface area (Å²) in [5, 5.41) is 2.57. The molecule has 1 N–H and O–H groups in total. The molecule has 1 aliphatic rings. The lowest BCUT2D eigenvalue weighted by atomic mass is 9.95. The highest BCUT2D eigenvalue weighted by Gasteiger charge is 2.36. The summed E-state index contributed by atoms with van der Waals surface area (Å²) in [6.07, 6.45) is 0.928. The van der Waals surface area contributed by atoms with E-state index in [4.69, 9.17) is 9.47 Å². The molecule has 28 heavy (non-hydrogen) atoms. The third-order valence-electron chi connectivity index (χ3n) is 4.56. The number of rotatable bonds is 7. The number of carbonyl (C=O) groups is 2. The van der Waals surface area contributed by atoms with Gasteiger partial charge in [-0.05, 0) is 31.5 Å². The van der Waals surface area contributed by atoms with Crippen LogP contribution in [0.4, 0.5) is 4.39 Å².